The van der Waals surface area contributed by atoms with Gasteiger partial charge in [-0.25, -0.2) is 4.98 Å². The van der Waals surface area contributed by atoms with Crippen molar-refractivity contribution in [1.29, 1.82) is 0 Å². The maximum absolute atomic E-state index is 5.81. The van der Waals surface area contributed by atoms with Gasteiger partial charge < -0.3 is 20.0 Å². The van der Waals surface area contributed by atoms with E-state index >= 15 is 0 Å². The minimum atomic E-state index is -0.0404. The molecule has 26 heavy (non-hydrogen) atoms. The lowest BCUT2D eigenvalue weighted by atomic mass is 9.94. The maximum atomic E-state index is 5.81. The Kier molecular flexibility index (Phi) is 6.80. The fraction of sp³-hybridized carbons (Fsp3) is 0.500. The van der Waals surface area contributed by atoms with E-state index in [2.05, 4.69) is 84.6 Å². The quantitative estimate of drug-likeness (QED) is 0.615. The lowest BCUT2D eigenvalue weighted by Gasteiger charge is -2.16. The van der Waals surface area contributed by atoms with Crippen molar-refractivity contribution in [2.45, 2.75) is 45.8 Å². The topological polar surface area (TPSA) is 65.7 Å². The molecule has 1 aromatic heterocycles. The highest BCUT2D eigenvalue weighted by Crippen LogP contribution is 2.22. The van der Waals surface area contributed by atoms with Gasteiger partial charge in [-0.3, -0.25) is 4.99 Å². The number of nitrogens with one attached hydrogen (secondary N) is 2. The summed E-state index contributed by atoms with van der Waals surface area (Å²) >= 11 is 0. The van der Waals surface area contributed by atoms with Gasteiger partial charge in [-0.1, -0.05) is 45.0 Å². The molecule has 0 amide bonds. The van der Waals surface area contributed by atoms with E-state index in [0.29, 0.717) is 19.0 Å². The molecule has 0 saturated carbocycles. The molecule has 142 valence electrons. The van der Waals surface area contributed by atoms with E-state index in [-0.39, 0.29) is 5.41 Å². The van der Waals surface area contributed by atoms with E-state index in [1.54, 1.807) is 13.2 Å². The van der Waals surface area contributed by atoms with Gasteiger partial charge in [0.25, 0.3) is 0 Å². The minimum Gasteiger partial charge on any atom is -0.443 e. The first-order valence-electron chi connectivity index (χ1n) is 8.91. The van der Waals surface area contributed by atoms with Crippen LogP contribution in [0.2, 0.25) is 0 Å². The molecule has 0 fully saturated rings. The highest BCUT2D eigenvalue weighted by Gasteiger charge is 2.19. The zero-order valence-corrected chi connectivity index (χ0v) is 16.8. The molecule has 2 N–H and O–H groups in total. The summed E-state index contributed by atoms with van der Waals surface area (Å²) in [5.41, 5.74) is 2.53. The number of aromatic nitrogens is 1. The third kappa shape index (κ3) is 5.88. The third-order valence-electron chi connectivity index (χ3n) is 3.97. The fourth-order valence-electron chi connectivity index (χ4n) is 2.52. The average Bonchev–Trinajstić information content (AvgIpc) is 3.05. The van der Waals surface area contributed by atoms with Gasteiger partial charge in [-0.2, -0.15) is 0 Å². The van der Waals surface area contributed by atoms with E-state index in [4.69, 9.17) is 4.42 Å². The molecule has 1 aromatic carbocycles. The first-order valence-corrected chi connectivity index (χ1v) is 8.91. The molecule has 1 heterocycles. The van der Waals surface area contributed by atoms with E-state index in [1.807, 2.05) is 0 Å². The first kappa shape index (κ1) is 20.0. The van der Waals surface area contributed by atoms with Crippen molar-refractivity contribution in [3.05, 3.63) is 53.2 Å². The van der Waals surface area contributed by atoms with Gasteiger partial charge in [0.1, 0.15) is 5.76 Å². The van der Waals surface area contributed by atoms with Gasteiger partial charge in [-0.05, 0) is 25.2 Å². The molecule has 0 saturated heterocycles. The van der Waals surface area contributed by atoms with Gasteiger partial charge in [0, 0.05) is 25.6 Å². The van der Waals surface area contributed by atoms with Crippen molar-refractivity contribution < 1.29 is 4.42 Å². The summed E-state index contributed by atoms with van der Waals surface area (Å²) in [6.07, 6.45) is 1.80. The number of guanidine groups is 1. The monoisotopic (exact) mass is 357 g/mol. The molecule has 0 radical (unpaired) electrons. The van der Waals surface area contributed by atoms with Crippen LogP contribution < -0.4 is 10.6 Å². The molecular formula is C20H31N5O. The minimum absolute atomic E-state index is 0.0404. The second-order valence-electron chi connectivity index (χ2n) is 7.65. The normalized spacial score (nSPS) is 12.5. The zero-order valence-electron chi connectivity index (χ0n) is 16.8. The largest absolute Gasteiger partial charge is 0.443 e. The summed E-state index contributed by atoms with van der Waals surface area (Å²) in [6, 6.07) is 8.44. The van der Waals surface area contributed by atoms with Crippen molar-refractivity contribution in [1.82, 2.24) is 20.5 Å². The molecule has 0 atom stereocenters. The molecule has 2 aromatic rings. The molecule has 0 aliphatic carbocycles. The molecule has 0 aliphatic heterocycles. The number of oxazole rings is 1. The van der Waals surface area contributed by atoms with Crippen molar-refractivity contribution in [3.63, 3.8) is 0 Å². The lowest BCUT2D eigenvalue weighted by Crippen LogP contribution is -2.36. The summed E-state index contributed by atoms with van der Waals surface area (Å²) in [5.74, 6) is 2.26. The Hall–Kier alpha value is -2.34. The maximum Gasteiger partial charge on any atom is 0.213 e. The van der Waals surface area contributed by atoms with E-state index in [1.165, 1.54) is 11.1 Å². The summed E-state index contributed by atoms with van der Waals surface area (Å²) in [4.78, 5) is 10.8. The number of nitrogens with zero attached hydrogens (tertiary/aromatic N) is 3. The first-order chi connectivity index (χ1) is 12.3. The Labute approximate surface area is 156 Å². The van der Waals surface area contributed by atoms with Gasteiger partial charge in [-0.15, -0.1) is 0 Å². The average molecular weight is 358 g/mol. The van der Waals surface area contributed by atoms with Crippen LogP contribution >= 0.6 is 0 Å². The molecular weight excluding hydrogens is 326 g/mol. The van der Waals surface area contributed by atoms with Crippen LogP contribution in [0.1, 0.15) is 43.5 Å². The number of hydrogen-bond acceptors (Lipinski definition) is 4. The number of rotatable bonds is 6. The van der Waals surface area contributed by atoms with Gasteiger partial charge in [0.2, 0.25) is 5.89 Å². The standard InChI is InChI=1S/C20H31N5O/c1-20(2,3)17-12-22-18(26-17)13-24-19(21-4)23-11-15-9-7-8-10-16(15)14-25(5)6/h7-10,12H,11,13-14H2,1-6H3,(H2,21,23,24). The van der Waals surface area contributed by atoms with Gasteiger partial charge >= 0.3 is 0 Å². The molecule has 6 heteroatoms. The van der Waals surface area contributed by atoms with Crippen LogP contribution in [0.15, 0.2) is 39.9 Å². The second kappa shape index (κ2) is 8.85. The smallest absolute Gasteiger partial charge is 0.213 e. The van der Waals surface area contributed by atoms with E-state index < -0.39 is 0 Å². The van der Waals surface area contributed by atoms with Crippen LogP contribution in [0.25, 0.3) is 0 Å². The Balaban J connectivity index is 1.92. The Morgan fingerprint density at radius 2 is 1.77 bits per heavy atom. The highest BCUT2D eigenvalue weighted by molar-refractivity contribution is 5.79. The highest BCUT2D eigenvalue weighted by atomic mass is 16.4. The van der Waals surface area contributed by atoms with Crippen molar-refractivity contribution in [2.24, 2.45) is 4.99 Å². The number of hydrogen-bond donors (Lipinski definition) is 2. The molecule has 0 aliphatic rings. The SMILES string of the molecule is CN=C(NCc1ncc(C(C)(C)C)o1)NCc1ccccc1CN(C)C. The number of benzene rings is 1. The summed E-state index contributed by atoms with van der Waals surface area (Å²) in [6.45, 7) is 8.44. The Morgan fingerprint density at radius 1 is 1.12 bits per heavy atom. The summed E-state index contributed by atoms with van der Waals surface area (Å²) < 4.78 is 5.81. The molecule has 0 spiro atoms. The lowest BCUT2D eigenvalue weighted by molar-refractivity contribution is 0.379. The van der Waals surface area contributed by atoms with Crippen LogP contribution in [0, 0.1) is 0 Å². The van der Waals surface area contributed by atoms with Crippen LogP contribution in [-0.2, 0) is 25.0 Å². The predicted molar refractivity (Wildman–Crippen MR) is 106 cm³/mol. The second-order valence-corrected chi connectivity index (χ2v) is 7.65. The van der Waals surface area contributed by atoms with Gasteiger partial charge in [0.15, 0.2) is 5.96 Å². The predicted octanol–water partition coefficient (Wildman–Crippen LogP) is 2.90. The van der Waals surface area contributed by atoms with Crippen molar-refractivity contribution in [3.8, 4) is 0 Å². The van der Waals surface area contributed by atoms with Crippen LogP contribution in [0.3, 0.4) is 0 Å². The third-order valence-corrected chi connectivity index (χ3v) is 3.97. The molecule has 0 bridgehead atoms. The summed E-state index contributed by atoms with van der Waals surface area (Å²) in [5, 5.41) is 6.61. The summed E-state index contributed by atoms with van der Waals surface area (Å²) in [7, 11) is 5.91. The molecule has 0 unspecified atom stereocenters. The Morgan fingerprint density at radius 3 is 2.35 bits per heavy atom. The zero-order chi connectivity index (χ0) is 19.2. The molecule has 6 nitrogen and oxygen atoms in total. The Bertz CT molecular complexity index is 728. The van der Waals surface area contributed by atoms with Crippen molar-refractivity contribution in [2.75, 3.05) is 21.1 Å². The van der Waals surface area contributed by atoms with Crippen LogP contribution in [0.5, 0.6) is 0 Å². The van der Waals surface area contributed by atoms with Crippen molar-refractivity contribution >= 4 is 5.96 Å². The van der Waals surface area contributed by atoms with Crippen LogP contribution in [0.4, 0.5) is 0 Å². The fourth-order valence-corrected chi connectivity index (χ4v) is 2.52. The molecule has 2 rings (SSSR count). The van der Waals surface area contributed by atoms with E-state index in [0.717, 1.165) is 18.3 Å². The van der Waals surface area contributed by atoms with Crippen LogP contribution in [-0.4, -0.2) is 37.0 Å². The van der Waals surface area contributed by atoms with Gasteiger partial charge in [0.05, 0.1) is 12.7 Å². The van der Waals surface area contributed by atoms with E-state index in [9.17, 15) is 0 Å². The number of aliphatic imine (C=N–C) groups is 1.